The van der Waals surface area contributed by atoms with E-state index in [4.69, 9.17) is 4.74 Å². The Kier molecular flexibility index (Phi) is 4.25. The minimum atomic E-state index is 0.848. The Balaban J connectivity index is 1.81. The number of anilines is 4. The van der Waals surface area contributed by atoms with Crippen LogP contribution in [-0.4, -0.2) is 7.11 Å². The predicted molar refractivity (Wildman–Crippen MR) is 92.4 cm³/mol. The number of hydrogen-bond donors (Lipinski definition) is 2. The number of ether oxygens (including phenoxy) is 1. The van der Waals surface area contributed by atoms with Gasteiger partial charge in [0, 0.05) is 11.4 Å². The molecule has 0 aliphatic heterocycles. The summed E-state index contributed by atoms with van der Waals surface area (Å²) in [6, 6.07) is 26.1. The molecule has 22 heavy (non-hydrogen) atoms. The average Bonchev–Trinajstić information content (AvgIpc) is 2.58. The second-order valence-corrected chi connectivity index (χ2v) is 4.89. The molecule has 0 saturated heterocycles. The zero-order valence-electron chi connectivity index (χ0n) is 12.4. The zero-order chi connectivity index (χ0) is 15.2. The van der Waals surface area contributed by atoms with Gasteiger partial charge >= 0.3 is 0 Å². The van der Waals surface area contributed by atoms with Crippen molar-refractivity contribution in [3.8, 4) is 5.75 Å². The van der Waals surface area contributed by atoms with Crippen LogP contribution >= 0.6 is 0 Å². The van der Waals surface area contributed by atoms with Gasteiger partial charge in [0.15, 0.2) is 0 Å². The first-order valence-corrected chi connectivity index (χ1v) is 7.17. The minimum absolute atomic E-state index is 0.848. The van der Waals surface area contributed by atoms with E-state index in [-0.39, 0.29) is 0 Å². The molecule has 3 nitrogen and oxygen atoms in total. The summed E-state index contributed by atoms with van der Waals surface area (Å²) in [5, 5.41) is 6.85. The summed E-state index contributed by atoms with van der Waals surface area (Å²) < 4.78 is 5.18. The number of benzene rings is 3. The molecule has 3 aromatic rings. The minimum Gasteiger partial charge on any atom is -0.497 e. The van der Waals surface area contributed by atoms with Crippen LogP contribution in [-0.2, 0) is 0 Å². The second kappa shape index (κ2) is 6.68. The van der Waals surface area contributed by atoms with Gasteiger partial charge in [-0.05, 0) is 48.5 Å². The van der Waals surface area contributed by atoms with Crippen LogP contribution in [0.15, 0.2) is 78.9 Å². The van der Waals surface area contributed by atoms with Crippen LogP contribution in [0, 0.1) is 0 Å². The molecule has 0 spiro atoms. The molecule has 0 saturated carbocycles. The molecule has 110 valence electrons. The molecule has 0 fully saturated rings. The van der Waals surface area contributed by atoms with E-state index in [9.17, 15) is 0 Å². The third-order valence-electron chi connectivity index (χ3n) is 3.35. The van der Waals surface area contributed by atoms with E-state index >= 15 is 0 Å². The Morgan fingerprint density at radius 2 is 1.09 bits per heavy atom. The fourth-order valence-corrected chi connectivity index (χ4v) is 2.21. The molecular weight excluding hydrogens is 272 g/mol. The van der Waals surface area contributed by atoms with Crippen molar-refractivity contribution in [1.29, 1.82) is 0 Å². The first-order chi connectivity index (χ1) is 10.8. The van der Waals surface area contributed by atoms with Crippen LogP contribution in [0.1, 0.15) is 0 Å². The molecule has 2 N–H and O–H groups in total. The largest absolute Gasteiger partial charge is 0.497 e. The lowest BCUT2D eigenvalue weighted by atomic mass is 10.2. The van der Waals surface area contributed by atoms with E-state index in [1.807, 2.05) is 66.7 Å². The van der Waals surface area contributed by atoms with Gasteiger partial charge in [-0.15, -0.1) is 0 Å². The second-order valence-electron chi connectivity index (χ2n) is 4.89. The summed E-state index contributed by atoms with van der Waals surface area (Å²) in [4.78, 5) is 0. The maximum absolute atomic E-state index is 5.18. The molecule has 0 bridgehead atoms. The quantitative estimate of drug-likeness (QED) is 0.679. The average molecular weight is 290 g/mol. The highest BCUT2D eigenvalue weighted by Crippen LogP contribution is 2.28. The zero-order valence-corrected chi connectivity index (χ0v) is 12.4. The van der Waals surface area contributed by atoms with Crippen LogP contribution in [0.3, 0.4) is 0 Å². The first-order valence-electron chi connectivity index (χ1n) is 7.17. The highest BCUT2D eigenvalue weighted by Gasteiger charge is 2.03. The molecule has 0 atom stereocenters. The van der Waals surface area contributed by atoms with Gasteiger partial charge in [-0.1, -0.05) is 30.3 Å². The Morgan fingerprint density at radius 3 is 1.64 bits per heavy atom. The van der Waals surface area contributed by atoms with Gasteiger partial charge in [-0.3, -0.25) is 0 Å². The van der Waals surface area contributed by atoms with Crippen LogP contribution < -0.4 is 15.4 Å². The maximum atomic E-state index is 5.18. The summed E-state index contributed by atoms with van der Waals surface area (Å²) >= 11 is 0. The fraction of sp³-hybridized carbons (Fsp3) is 0.0526. The molecule has 0 unspecified atom stereocenters. The molecule has 3 heteroatoms. The molecule has 3 aromatic carbocycles. The Morgan fingerprint density at radius 1 is 0.591 bits per heavy atom. The number of nitrogens with one attached hydrogen (secondary N) is 2. The lowest BCUT2D eigenvalue weighted by Gasteiger charge is -2.14. The summed E-state index contributed by atoms with van der Waals surface area (Å²) in [6.07, 6.45) is 0. The van der Waals surface area contributed by atoms with Crippen LogP contribution in [0.4, 0.5) is 22.7 Å². The van der Waals surface area contributed by atoms with Crippen molar-refractivity contribution >= 4 is 22.7 Å². The molecule has 0 radical (unpaired) electrons. The predicted octanol–water partition coefficient (Wildman–Crippen LogP) is 5.18. The monoisotopic (exact) mass is 290 g/mol. The smallest absolute Gasteiger partial charge is 0.119 e. The number of para-hydroxylation sites is 3. The molecular formula is C19H18N2O. The summed E-state index contributed by atoms with van der Waals surface area (Å²) in [7, 11) is 1.67. The molecule has 0 aromatic heterocycles. The third kappa shape index (κ3) is 3.38. The Hall–Kier alpha value is -2.94. The lowest BCUT2D eigenvalue weighted by molar-refractivity contribution is 0.415. The van der Waals surface area contributed by atoms with E-state index in [1.165, 1.54) is 0 Å². The normalized spacial score (nSPS) is 10.0. The molecule has 0 amide bonds. The van der Waals surface area contributed by atoms with Gasteiger partial charge in [0.2, 0.25) is 0 Å². The Bertz CT molecular complexity index is 724. The highest BCUT2D eigenvalue weighted by molar-refractivity contribution is 5.78. The van der Waals surface area contributed by atoms with Gasteiger partial charge in [0.25, 0.3) is 0 Å². The van der Waals surface area contributed by atoms with Crippen LogP contribution in [0.2, 0.25) is 0 Å². The van der Waals surface area contributed by atoms with Crippen molar-refractivity contribution in [2.24, 2.45) is 0 Å². The van der Waals surface area contributed by atoms with E-state index in [0.29, 0.717) is 0 Å². The van der Waals surface area contributed by atoms with Gasteiger partial charge in [-0.25, -0.2) is 0 Å². The Labute approximate surface area is 130 Å². The van der Waals surface area contributed by atoms with E-state index < -0.39 is 0 Å². The van der Waals surface area contributed by atoms with Gasteiger partial charge in [0.05, 0.1) is 18.5 Å². The number of hydrogen-bond acceptors (Lipinski definition) is 3. The first kappa shape index (κ1) is 14.0. The molecule has 0 aliphatic carbocycles. The van der Waals surface area contributed by atoms with E-state index in [0.717, 1.165) is 28.5 Å². The van der Waals surface area contributed by atoms with Gasteiger partial charge in [0.1, 0.15) is 5.75 Å². The summed E-state index contributed by atoms with van der Waals surface area (Å²) in [6.45, 7) is 0. The topological polar surface area (TPSA) is 33.3 Å². The summed E-state index contributed by atoms with van der Waals surface area (Å²) in [5.74, 6) is 0.848. The van der Waals surface area contributed by atoms with Crippen molar-refractivity contribution < 1.29 is 4.74 Å². The molecule has 3 rings (SSSR count). The standard InChI is InChI=1S/C19H18N2O/c1-22-17-13-11-16(12-14-17)21-19-10-6-5-9-18(19)20-15-7-3-2-4-8-15/h2-14,20-21H,1H3. The van der Waals surface area contributed by atoms with Crippen molar-refractivity contribution in [3.05, 3.63) is 78.9 Å². The highest BCUT2D eigenvalue weighted by atomic mass is 16.5. The molecule has 0 heterocycles. The van der Waals surface area contributed by atoms with Crippen molar-refractivity contribution in [3.63, 3.8) is 0 Å². The summed E-state index contributed by atoms with van der Waals surface area (Å²) in [5.41, 5.74) is 4.13. The van der Waals surface area contributed by atoms with E-state index in [2.05, 4.69) is 22.8 Å². The van der Waals surface area contributed by atoms with E-state index in [1.54, 1.807) is 7.11 Å². The van der Waals surface area contributed by atoms with Crippen molar-refractivity contribution in [1.82, 2.24) is 0 Å². The SMILES string of the molecule is COc1ccc(Nc2ccccc2Nc2ccccc2)cc1. The number of methoxy groups -OCH3 is 1. The van der Waals surface area contributed by atoms with Crippen molar-refractivity contribution in [2.75, 3.05) is 17.7 Å². The fourth-order valence-electron chi connectivity index (χ4n) is 2.21. The van der Waals surface area contributed by atoms with Crippen LogP contribution in [0.5, 0.6) is 5.75 Å². The lowest BCUT2D eigenvalue weighted by Crippen LogP contribution is -1.97. The van der Waals surface area contributed by atoms with Crippen molar-refractivity contribution in [2.45, 2.75) is 0 Å². The van der Waals surface area contributed by atoms with Gasteiger partial charge < -0.3 is 15.4 Å². The van der Waals surface area contributed by atoms with Crippen LogP contribution in [0.25, 0.3) is 0 Å². The maximum Gasteiger partial charge on any atom is 0.119 e. The molecule has 0 aliphatic rings. The van der Waals surface area contributed by atoms with Gasteiger partial charge in [-0.2, -0.15) is 0 Å². The third-order valence-corrected chi connectivity index (χ3v) is 3.35. The number of rotatable bonds is 5.